The normalized spacial score (nSPS) is 27.8. The van der Waals surface area contributed by atoms with Crippen molar-refractivity contribution >= 4 is 16.7 Å². The summed E-state index contributed by atoms with van der Waals surface area (Å²) in [6.45, 7) is 3.09. The summed E-state index contributed by atoms with van der Waals surface area (Å²) < 4.78 is 0. The molecule has 2 aliphatic heterocycles. The van der Waals surface area contributed by atoms with E-state index < -0.39 is 0 Å². The molecule has 1 N–H and O–H groups in total. The van der Waals surface area contributed by atoms with Crippen LogP contribution in [0.1, 0.15) is 43.7 Å². The standard InChI is InChI=1S/C22H26N2O/c25-21(19-15-22(19)10-12-23-13-11-22)24-14-4-9-20(24)18-8-3-6-16-5-1-2-7-17(16)18/h1-3,5-8,19-20,23H,4,9-15H2. The Kier molecular flexibility index (Phi) is 3.60. The zero-order valence-electron chi connectivity index (χ0n) is 14.7. The number of likely N-dealkylation sites (tertiary alicyclic amines) is 1. The van der Waals surface area contributed by atoms with Crippen molar-refractivity contribution in [3.05, 3.63) is 48.0 Å². The van der Waals surface area contributed by atoms with Gasteiger partial charge < -0.3 is 10.2 Å². The van der Waals surface area contributed by atoms with Crippen molar-refractivity contribution < 1.29 is 4.79 Å². The minimum atomic E-state index is 0.262. The van der Waals surface area contributed by atoms with E-state index in [0.29, 0.717) is 11.3 Å². The molecule has 0 aromatic heterocycles. The monoisotopic (exact) mass is 334 g/mol. The summed E-state index contributed by atoms with van der Waals surface area (Å²) in [6, 6.07) is 15.4. The Morgan fingerprint density at radius 2 is 1.88 bits per heavy atom. The molecule has 1 saturated carbocycles. The van der Waals surface area contributed by atoms with E-state index in [1.807, 2.05) is 0 Å². The maximum atomic E-state index is 13.3. The van der Waals surface area contributed by atoms with Gasteiger partial charge in [-0.1, -0.05) is 42.5 Å². The van der Waals surface area contributed by atoms with Crippen molar-refractivity contribution in [1.82, 2.24) is 10.2 Å². The van der Waals surface area contributed by atoms with Gasteiger partial charge in [0.2, 0.25) is 5.91 Å². The van der Waals surface area contributed by atoms with Crippen LogP contribution in [-0.2, 0) is 4.79 Å². The lowest BCUT2D eigenvalue weighted by Gasteiger charge is -2.29. The molecular weight excluding hydrogens is 308 g/mol. The zero-order chi connectivity index (χ0) is 16.9. The van der Waals surface area contributed by atoms with Gasteiger partial charge in [0.15, 0.2) is 0 Å². The summed E-state index contributed by atoms with van der Waals surface area (Å²) in [6.07, 6.45) is 5.69. The van der Waals surface area contributed by atoms with Crippen LogP contribution in [0.15, 0.2) is 42.5 Å². The van der Waals surface area contributed by atoms with Gasteiger partial charge in [-0.2, -0.15) is 0 Å². The molecule has 3 nitrogen and oxygen atoms in total. The van der Waals surface area contributed by atoms with Crippen molar-refractivity contribution in [2.45, 2.75) is 38.1 Å². The largest absolute Gasteiger partial charge is 0.335 e. The Morgan fingerprint density at radius 3 is 2.76 bits per heavy atom. The van der Waals surface area contributed by atoms with E-state index in [4.69, 9.17) is 0 Å². The molecule has 130 valence electrons. The van der Waals surface area contributed by atoms with E-state index in [9.17, 15) is 4.79 Å². The number of amides is 1. The van der Waals surface area contributed by atoms with E-state index in [0.717, 1.165) is 38.9 Å². The summed E-state index contributed by atoms with van der Waals surface area (Å²) in [5.74, 6) is 0.711. The van der Waals surface area contributed by atoms with Crippen LogP contribution in [0, 0.1) is 11.3 Å². The van der Waals surface area contributed by atoms with Gasteiger partial charge in [0, 0.05) is 12.5 Å². The van der Waals surface area contributed by atoms with Gasteiger partial charge in [-0.3, -0.25) is 4.79 Å². The number of piperidine rings is 1. The van der Waals surface area contributed by atoms with Gasteiger partial charge in [-0.05, 0) is 66.9 Å². The SMILES string of the molecule is O=C(C1CC12CCNCC2)N1CCCC1c1cccc2ccccc12. The second-order valence-corrected chi connectivity index (χ2v) is 8.13. The molecule has 3 heteroatoms. The molecule has 1 aliphatic carbocycles. The van der Waals surface area contributed by atoms with Gasteiger partial charge in [-0.25, -0.2) is 0 Å². The molecule has 2 heterocycles. The molecule has 2 unspecified atom stereocenters. The van der Waals surface area contributed by atoms with Crippen molar-refractivity contribution in [2.75, 3.05) is 19.6 Å². The lowest BCUT2D eigenvalue weighted by molar-refractivity contribution is -0.134. The van der Waals surface area contributed by atoms with E-state index >= 15 is 0 Å². The predicted molar refractivity (Wildman–Crippen MR) is 100 cm³/mol. The first-order valence-corrected chi connectivity index (χ1v) is 9.77. The summed E-state index contributed by atoms with van der Waals surface area (Å²) in [4.78, 5) is 15.5. The van der Waals surface area contributed by atoms with E-state index in [-0.39, 0.29) is 12.0 Å². The Labute approximate surface area is 149 Å². The predicted octanol–water partition coefficient (Wildman–Crippen LogP) is 3.89. The number of hydrogen-bond donors (Lipinski definition) is 1. The van der Waals surface area contributed by atoms with Crippen LogP contribution in [0.5, 0.6) is 0 Å². The van der Waals surface area contributed by atoms with Crippen molar-refractivity contribution in [3.63, 3.8) is 0 Å². The number of carbonyl (C=O) groups excluding carboxylic acids is 1. The maximum Gasteiger partial charge on any atom is 0.226 e. The third kappa shape index (κ3) is 2.48. The third-order valence-corrected chi connectivity index (χ3v) is 6.81. The van der Waals surface area contributed by atoms with Gasteiger partial charge in [0.05, 0.1) is 6.04 Å². The van der Waals surface area contributed by atoms with Crippen LogP contribution in [-0.4, -0.2) is 30.4 Å². The second-order valence-electron chi connectivity index (χ2n) is 8.13. The number of hydrogen-bond acceptors (Lipinski definition) is 2. The average molecular weight is 334 g/mol. The highest BCUT2D eigenvalue weighted by Gasteiger charge is 2.59. The highest BCUT2D eigenvalue weighted by molar-refractivity contribution is 5.88. The minimum absolute atomic E-state index is 0.262. The topological polar surface area (TPSA) is 32.3 Å². The number of carbonyl (C=O) groups is 1. The van der Waals surface area contributed by atoms with Crippen LogP contribution in [0.2, 0.25) is 0 Å². The number of nitrogens with zero attached hydrogens (tertiary/aromatic N) is 1. The fourth-order valence-corrected chi connectivity index (χ4v) is 5.27. The molecule has 0 radical (unpaired) electrons. The smallest absolute Gasteiger partial charge is 0.226 e. The molecule has 1 spiro atoms. The third-order valence-electron chi connectivity index (χ3n) is 6.81. The van der Waals surface area contributed by atoms with Crippen LogP contribution in [0.3, 0.4) is 0 Å². The maximum absolute atomic E-state index is 13.3. The lowest BCUT2D eigenvalue weighted by atomic mass is 9.91. The highest BCUT2D eigenvalue weighted by Crippen LogP contribution is 2.60. The van der Waals surface area contributed by atoms with E-state index in [1.165, 1.54) is 29.2 Å². The molecule has 0 bridgehead atoms. The lowest BCUT2D eigenvalue weighted by Crippen LogP contribution is -2.36. The molecular formula is C22H26N2O. The van der Waals surface area contributed by atoms with Gasteiger partial charge in [0.1, 0.15) is 0 Å². The number of fused-ring (bicyclic) bond motifs is 1. The molecule has 2 aromatic carbocycles. The first-order chi connectivity index (χ1) is 12.3. The van der Waals surface area contributed by atoms with Crippen molar-refractivity contribution in [3.8, 4) is 0 Å². The number of rotatable bonds is 2. The number of benzene rings is 2. The fraction of sp³-hybridized carbons (Fsp3) is 0.500. The first kappa shape index (κ1) is 15.4. The Hall–Kier alpha value is -1.87. The van der Waals surface area contributed by atoms with E-state index in [2.05, 4.69) is 52.7 Å². The minimum Gasteiger partial charge on any atom is -0.335 e. The quantitative estimate of drug-likeness (QED) is 0.903. The number of nitrogens with one attached hydrogen (secondary N) is 1. The summed E-state index contributed by atoms with van der Waals surface area (Å²) >= 11 is 0. The molecule has 1 amide bonds. The summed E-state index contributed by atoms with van der Waals surface area (Å²) in [5.41, 5.74) is 1.66. The summed E-state index contributed by atoms with van der Waals surface area (Å²) in [5, 5.41) is 6.02. The van der Waals surface area contributed by atoms with Crippen molar-refractivity contribution in [1.29, 1.82) is 0 Å². The molecule has 3 fully saturated rings. The zero-order valence-corrected chi connectivity index (χ0v) is 14.7. The van der Waals surface area contributed by atoms with Crippen LogP contribution >= 0.6 is 0 Å². The summed E-state index contributed by atoms with van der Waals surface area (Å²) in [7, 11) is 0. The molecule has 3 aliphatic rings. The fourth-order valence-electron chi connectivity index (χ4n) is 5.27. The van der Waals surface area contributed by atoms with Crippen LogP contribution < -0.4 is 5.32 Å². The molecule has 5 rings (SSSR count). The Balaban J connectivity index is 1.43. The molecule has 2 aromatic rings. The van der Waals surface area contributed by atoms with Crippen molar-refractivity contribution in [2.24, 2.45) is 11.3 Å². The van der Waals surface area contributed by atoms with E-state index in [1.54, 1.807) is 0 Å². The first-order valence-electron chi connectivity index (χ1n) is 9.77. The molecule has 25 heavy (non-hydrogen) atoms. The molecule has 2 atom stereocenters. The van der Waals surface area contributed by atoms with Crippen LogP contribution in [0.25, 0.3) is 10.8 Å². The second kappa shape index (κ2) is 5.84. The Bertz CT molecular complexity index is 803. The average Bonchev–Trinajstić information content (AvgIpc) is 3.13. The molecule has 2 saturated heterocycles. The van der Waals surface area contributed by atoms with Crippen LogP contribution in [0.4, 0.5) is 0 Å². The van der Waals surface area contributed by atoms with Gasteiger partial charge >= 0.3 is 0 Å². The Morgan fingerprint density at radius 1 is 1.08 bits per heavy atom. The highest BCUT2D eigenvalue weighted by atomic mass is 16.2. The van der Waals surface area contributed by atoms with Gasteiger partial charge in [-0.15, -0.1) is 0 Å². The van der Waals surface area contributed by atoms with Gasteiger partial charge in [0.25, 0.3) is 0 Å².